The number of carbonyl (C=O) groups is 2. The van der Waals surface area contributed by atoms with Crippen molar-refractivity contribution >= 4 is 21.9 Å². The summed E-state index contributed by atoms with van der Waals surface area (Å²) in [5, 5.41) is 18.8. The molecule has 3 N–H and O–H groups in total. The Hall–Kier alpha value is -2.79. The van der Waals surface area contributed by atoms with Gasteiger partial charge in [0.05, 0.1) is 17.6 Å². The van der Waals surface area contributed by atoms with E-state index in [-0.39, 0.29) is 29.6 Å². The lowest BCUT2D eigenvalue weighted by Gasteiger charge is -2.10. The summed E-state index contributed by atoms with van der Waals surface area (Å²) in [6.07, 6.45) is 3.06. The summed E-state index contributed by atoms with van der Waals surface area (Å²) in [7, 11) is -3.66. The van der Waals surface area contributed by atoms with Crippen LogP contribution in [0.3, 0.4) is 0 Å². The Morgan fingerprint density at radius 3 is 2.74 bits per heavy atom. The number of carbonyl (C=O) groups excluding carboxylic acids is 1. The lowest BCUT2D eigenvalue weighted by molar-refractivity contribution is -0.137. The van der Waals surface area contributed by atoms with E-state index in [2.05, 4.69) is 20.4 Å². The first-order valence-electron chi connectivity index (χ1n) is 8.26. The molecule has 1 saturated carbocycles. The zero-order valence-electron chi connectivity index (χ0n) is 14.5. The van der Waals surface area contributed by atoms with Gasteiger partial charge in [0.25, 0.3) is 5.91 Å². The van der Waals surface area contributed by atoms with Crippen molar-refractivity contribution in [2.75, 3.05) is 0 Å². The van der Waals surface area contributed by atoms with Crippen LogP contribution in [-0.4, -0.2) is 46.4 Å². The van der Waals surface area contributed by atoms with Gasteiger partial charge in [0, 0.05) is 11.6 Å². The van der Waals surface area contributed by atoms with Gasteiger partial charge >= 0.3 is 5.97 Å². The molecule has 1 aliphatic carbocycles. The number of carboxylic acid groups (broad SMARTS) is 1. The first kappa shape index (κ1) is 19.0. The molecule has 0 spiro atoms. The van der Waals surface area contributed by atoms with Gasteiger partial charge in [0.15, 0.2) is 0 Å². The minimum absolute atomic E-state index is 0.0259. The molecule has 0 unspecified atom stereocenters. The van der Waals surface area contributed by atoms with Gasteiger partial charge in [-0.1, -0.05) is 11.3 Å². The van der Waals surface area contributed by atoms with E-state index in [1.54, 1.807) is 13.0 Å². The summed E-state index contributed by atoms with van der Waals surface area (Å²) < 4.78 is 28.4. The van der Waals surface area contributed by atoms with Crippen LogP contribution in [0, 0.1) is 6.92 Å². The van der Waals surface area contributed by atoms with Crippen LogP contribution in [0.25, 0.3) is 0 Å². The van der Waals surface area contributed by atoms with Crippen LogP contribution in [-0.2, 0) is 27.9 Å². The molecular weight excluding hydrogens is 374 g/mol. The maximum absolute atomic E-state index is 12.5. The summed E-state index contributed by atoms with van der Waals surface area (Å²) in [5.74, 6) is -1.51. The number of benzene rings is 1. The Bertz CT molecular complexity index is 981. The Balaban J connectivity index is 1.69. The summed E-state index contributed by atoms with van der Waals surface area (Å²) >= 11 is 0. The van der Waals surface area contributed by atoms with Crippen LogP contribution in [0.2, 0.25) is 0 Å². The van der Waals surface area contributed by atoms with E-state index >= 15 is 0 Å². The van der Waals surface area contributed by atoms with E-state index in [1.165, 1.54) is 18.3 Å². The second-order valence-electron chi connectivity index (χ2n) is 6.36. The van der Waals surface area contributed by atoms with E-state index in [9.17, 15) is 18.0 Å². The average Bonchev–Trinajstić information content (AvgIpc) is 3.28. The van der Waals surface area contributed by atoms with E-state index in [1.807, 2.05) is 0 Å². The fourth-order valence-corrected chi connectivity index (χ4v) is 3.73. The normalized spacial score (nSPS) is 14.1. The fourth-order valence-electron chi connectivity index (χ4n) is 2.40. The molecule has 1 fully saturated rings. The Morgan fingerprint density at radius 2 is 2.07 bits per heavy atom. The van der Waals surface area contributed by atoms with Crippen molar-refractivity contribution in [3.8, 4) is 0 Å². The topological polar surface area (TPSA) is 143 Å². The van der Waals surface area contributed by atoms with Gasteiger partial charge in [-0.15, -0.1) is 5.10 Å². The fraction of sp³-hybridized carbons (Fsp3) is 0.375. The zero-order valence-corrected chi connectivity index (χ0v) is 15.4. The Kier molecular flexibility index (Phi) is 5.24. The minimum Gasteiger partial charge on any atom is -0.480 e. The average molecular weight is 393 g/mol. The SMILES string of the molecule is Cc1ccc(S(=O)(=O)NC2CC2)cc1C(=O)NCc1cn(CC(=O)O)nn1. The van der Waals surface area contributed by atoms with Gasteiger partial charge in [-0.2, -0.15) is 0 Å². The molecule has 10 nitrogen and oxygen atoms in total. The number of rotatable bonds is 8. The second-order valence-corrected chi connectivity index (χ2v) is 8.07. The zero-order chi connectivity index (χ0) is 19.6. The van der Waals surface area contributed by atoms with Gasteiger partial charge in [-0.25, -0.2) is 17.8 Å². The number of sulfonamides is 1. The lowest BCUT2D eigenvalue weighted by Crippen LogP contribution is -2.27. The van der Waals surface area contributed by atoms with Gasteiger partial charge in [-0.05, 0) is 37.5 Å². The molecule has 11 heteroatoms. The van der Waals surface area contributed by atoms with Crippen LogP contribution in [0.5, 0.6) is 0 Å². The van der Waals surface area contributed by atoms with E-state index < -0.39 is 21.9 Å². The minimum atomic E-state index is -3.66. The van der Waals surface area contributed by atoms with Gasteiger partial charge in [0.2, 0.25) is 10.0 Å². The van der Waals surface area contributed by atoms with Crippen molar-refractivity contribution in [1.82, 2.24) is 25.0 Å². The quantitative estimate of drug-likeness (QED) is 0.574. The molecule has 3 rings (SSSR count). The smallest absolute Gasteiger partial charge is 0.325 e. The third-order valence-electron chi connectivity index (χ3n) is 3.98. The molecule has 144 valence electrons. The van der Waals surface area contributed by atoms with E-state index in [0.29, 0.717) is 11.3 Å². The molecule has 1 amide bonds. The molecule has 2 aromatic rings. The van der Waals surface area contributed by atoms with Gasteiger partial charge in [-0.3, -0.25) is 9.59 Å². The molecule has 0 atom stereocenters. The summed E-state index contributed by atoms with van der Waals surface area (Å²) in [4.78, 5) is 23.1. The van der Waals surface area contributed by atoms with Crippen molar-refractivity contribution < 1.29 is 23.1 Å². The molecule has 1 heterocycles. The highest BCUT2D eigenvalue weighted by Gasteiger charge is 2.28. The van der Waals surface area contributed by atoms with Crippen molar-refractivity contribution in [3.05, 3.63) is 41.2 Å². The lowest BCUT2D eigenvalue weighted by atomic mass is 10.1. The standard InChI is InChI=1S/C16H19N5O5S/c1-10-2-5-13(27(25,26)19-11-3-4-11)6-14(10)16(24)17-7-12-8-21(20-18-12)9-15(22)23/h2,5-6,8,11,19H,3-4,7,9H2,1H3,(H,17,24)(H,22,23). The second kappa shape index (κ2) is 7.45. The third-order valence-corrected chi connectivity index (χ3v) is 5.49. The molecule has 27 heavy (non-hydrogen) atoms. The molecule has 1 aliphatic rings. The first-order valence-corrected chi connectivity index (χ1v) is 9.75. The number of aryl methyl sites for hydroxylation is 1. The van der Waals surface area contributed by atoms with Crippen LogP contribution in [0.15, 0.2) is 29.3 Å². The predicted octanol–water partition coefficient (Wildman–Crippen LogP) is 0.0418. The largest absolute Gasteiger partial charge is 0.480 e. The molecular formula is C16H19N5O5S. The molecule has 1 aromatic carbocycles. The van der Waals surface area contributed by atoms with Crippen molar-refractivity contribution in [2.24, 2.45) is 0 Å². The number of aliphatic carboxylic acids is 1. The number of amides is 1. The van der Waals surface area contributed by atoms with Crippen LogP contribution < -0.4 is 10.0 Å². The summed E-state index contributed by atoms with van der Waals surface area (Å²) in [5.41, 5.74) is 1.26. The number of aromatic nitrogens is 3. The van der Waals surface area contributed by atoms with E-state index in [0.717, 1.165) is 17.5 Å². The summed E-state index contributed by atoms with van der Waals surface area (Å²) in [6.45, 7) is 1.42. The van der Waals surface area contributed by atoms with Crippen molar-refractivity contribution in [3.63, 3.8) is 0 Å². The van der Waals surface area contributed by atoms with E-state index in [4.69, 9.17) is 5.11 Å². The number of carboxylic acids is 1. The molecule has 0 radical (unpaired) electrons. The monoisotopic (exact) mass is 393 g/mol. The molecule has 0 bridgehead atoms. The van der Waals surface area contributed by atoms with Crippen molar-refractivity contribution in [2.45, 2.75) is 43.8 Å². The Morgan fingerprint density at radius 1 is 1.33 bits per heavy atom. The third kappa shape index (κ3) is 4.89. The predicted molar refractivity (Wildman–Crippen MR) is 93.4 cm³/mol. The molecule has 0 saturated heterocycles. The van der Waals surface area contributed by atoms with Gasteiger partial charge < -0.3 is 10.4 Å². The van der Waals surface area contributed by atoms with Crippen LogP contribution in [0.4, 0.5) is 0 Å². The maximum atomic E-state index is 12.5. The first-order chi connectivity index (χ1) is 12.7. The Labute approximate surface area is 155 Å². The van der Waals surface area contributed by atoms with Crippen LogP contribution >= 0.6 is 0 Å². The number of nitrogens with one attached hydrogen (secondary N) is 2. The van der Waals surface area contributed by atoms with Crippen molar-refractivity contribution in [1.29, 1.82) is 0 Å². The highest BCUT2D eigenvalue weighted by molar-refractivity contribution is 7.89. The highest BCUT2D eigenvalue weighted by atomic mass is 32.2. The molecule has 1 aromatic heterocycles. The molecule has 0 aliphatic heterocycles. The maximum Gasteiger partial charge on any atom is 0.325 e. The van der Waals surface area contributed by atoms with Gasteiger partial charge in [0.1, 0.15) is 12.2 Å². The summed E-state index contributed by atoms with van der Waals surface area (Å²) in [6, 6.07) is 4.37. The number of hydrogen-bond acceptors (Lipinski definition) is 6. The highest BCUT2D eigenvalue weighted by Crippen LogP contribution is 2.23. The number of hydrogen-bond donors (Lipinski definition) is 3. The van der Waals surface area contributed by atoms with Crippen LogP contribution in [0.1, 0.15) is 34.5 Å². The number of nitrogens with zero attached hydrogens (tertiary/aromatic N) is 3.